The molecule has 1 heterocycles. The maximum Gasteiger partial charge on any atom is 0.139 e. The van der Waals surface area contributed by atoms with Gasteiger partial charge in [-0.05, 0) is 36.4 Å². The van der Waals surface area contributed by atoms with Gasteiger partial charge in [0.05, 0.1) is 10.9 Å². The summed E-state index contributed by atoms with van der Waals surface area (Å²) >= 11 is 0. The molecule has 0 unspecified atom stereocenters. The van der Waals surface area contributed by atoms with Crippen LogP contribution in [0.5, 0.6) is 17.2 Å². The lowest BCUT2D eigenvalue weighted by atomic mass is 10.0. The third-order valence-electron chi connectivity index (χ3n) is 4.54. The van der Waals surface area contributed by atoms with Crippen molar-refractivity contribution in [1.82, 2.24) is 0 Å². The first-order chi connectivity index (χ1) is 14.1. The van der Waals surface area contributed by atoms with Crippen molar-refractivity contribution in [2.24, 2.45) is 0 Å². The minimum Gasteiger partial charge on any atom is -0.507 e. The summed E-state index contributed by atoms with van der Waals surface area (Å²) in [6.07, 6.45) is 0. The lowest BCUT2D eigenvalue weighted by Gasteiger charge is -2.07. The van der Waals surface area contributed by atoms with E-state index >= 15 is 0 Å². The fourth-order valence-electron chi connectivity index (χ4n) is 3.22. The lowest BCUT2D eigenvalue weighted by molar-refractivity contribution is 0.453. The summed E-state index contributed by atoms with van der Waals surface area (Å²) < 4.78 is 19.0. The van der Waals surface area contributed by atoms with Crippen LogP contribution in [0, 0.1) is 5.82 Å². The van der Waals surface area contributed by atoms with Gasteiger partial charge >= 0.3 is 0 Å². The van der Waals surface area contributed by atoms with Gasteiger partial charge in [-0.3, -0.25) is 0 Å². The Bertz CT molecular complexity index is 1290. The zero-order valence-electron chi connectivity index (χ0n) is 15.2. The highest BCUT2D eigenvalue weighted by molar-refractivity contribution is 6.07. The predicted octanol–water partition coefficient (Wildman–Crippen LogP) is 6.20. The summed E-state index contributed by atoms with van der Waals surface area (Å²) in [4.78, 5) is 0. The molecular formula is C24H17FO4. The second-order valence-electron chi connectivity index (χ2n) is 6.40. The Labute approximate surface area is 165 Å². The molecule has 29 heavy (non-hydrogen) atoms. The summed E-state index contributed by atoms with van der Waals surface area (Å²) in [5, 5.41) is 30.5. The number of furan rings is 1. The van der Waals surface area contributed by atoms with E-state index in [1.54, 1.807) is 24.3 Å². The first kappa shape index (κ1) is 18.4. The van der Waals surface area contributed by atoms with Gasteiger partial charge < -0.3 is 19.7 Å². The predicted molar refractivity (Wildman–Crippen MR) is 111 cm³/mol. The molecule has 0 bridgehead atoms. The number of aromatic hydroxyl groups is 3. The van der Waals surface area contributed by atoms with Crippen LogP contribution in [0.25, 0.3) is 33.1 Å². The molecule has 0 atom stereocenters. The van der Waals surface area contributed by atoms with Crippen molar-refractivity contribution >= 4 is 21.9 Å². The largest absolute Gasteiger partial charge is 0.507 e. The number of rotatable bonds is 1. The molecule has 0 spiro atoms. The fraction of sp³-hybridized carbons (Fsp3) is 0. The monoisotopic (exact) mass is 388 g/mol. The Hall–Kier alpha value is -3.99. The maximum absolute atomic E-state index is 13.4. The van der Waals surface area contributed by atoms with Crippen LogP contribution >= 0.6 is 0 Å². The zero-order chi connectivity index (χ0) is 20.4. The molecule has 0 saturated carbocycles. The Balaban J connectivity index is 0.000000141. The van der Waals surface area contributed by atoms with Gasteiger partial charge in [-0.1, -0.05) is 48.5 Å². The molecule has 0 fully saturated rings. The van der Waals surface area contributed by atoms with Gasteiger partial charge in [-0.15, -0.1) is 0 Å². The number of para-hydroxylation sites is 1. The van der Waals surface area contributed by atoms with Crippen molar-refractivity contribution in [2.45, 2.75) is 0 Å². The van der Waals surface area contributed by atoms with E-state index in [4.69, 9.17) is 4.42 Å². The quantitative estimate of drug-likeness (QED) is 0.320. The third kappa shape index (κ3) is 3.46. The molecular weight excluding hydrogens is 371 g/mol. The van der Waals surface area contributed by atoms with E-state index in [2.05, 4.69) is 0 Å². The van der Waals surface area contributed by atoms with E-state index in [0.29, 0.717) is 0 Å². The Morgan fingerprint density at radius 2 is 1.17 bits per heavy atom. The minimum absolute atomic E-state index is 0.121. The van der Waals surface area contributed by atoms with Crippen molar-refractivity contribution in [2.75, 3.05) is 0 Å². The second-order valence-corrected chi connectivity index (χ2v) is 6.40. The summed E-state index contributed by atoms with van der Waals surface area (Å²) in [5.74, 6) is -0.484. The van der Waals surface area contributed by atoms with E-state index in [9.17, 15) is 19.7 Å². The second kappa shape index (κ2) is 7.56. The molecule has 5 heteroatoms. The molecule has 0 aliphatic rings. The maximum atomic E-state index is 13.4. The van der Waals surface area contributed by atoms with Crippen LogP contribution < -0.4 is 0 Å². The number of phenolic OH excluding ortho intramolecular Hbond substituents is 3. The molecule has 4 aromatic carbocycles. The summed E-state index contributed by atoms with van der Waals surface area (Å²) in [6.45, 7) is 0. The molecule has 4 nitrogen and oxygen atoms in total. The van der Waals surface area contributed by atoms with Crippen molar-refractivity contribution in [3.8, 4) is 28.4 Å². The van der Waals surface area contributed by atoms with E-state index in [0.717, 1.165) is 21.9 Å². The first-order valence-corrected chi connectivity index (χ1v) is 8.91. The molecule has 0 amide bonds. The summed E-state index contributed by atoms with van der Waals surface area (Å²) in [7, 11) is 0. The molecule has 1 aromatic heterocycles. The van der Waals surface area contributed by atoms with Gasteiger partial charge in [0.15, 0.2) is 0 Å². The van der Waals surface area contributed by atoms with Crippen LogP contribution in [0.3, 0.4) is 0 Å². The number of halogens is 1. The Morgan fingerprint density at radius 3 is 1.93 bits per heavy atom. The first-order valence-electron chi connectivity index (χ1n) is 8.91. The lowest BCUT2D eigenvalue weighted by Crippen LogP contribution is -1.85. The van der Waals surface area contributed by atoms with Gasteiger partial charge in [0.2, 0.25) is 0 Å². The summed E-state index contributed by atoms with van der Waals surface area (Å²) in [6, 6.07) is 23.3. The van der Waals surface area contributed by atoms with Crippen molar-refractivity contribution in [3.63, 3.8) is 0 Å². The van der Waals surface area contributed by atoms with Crippen LogP contribution in [-0.2, 0) is 0 Å². The number of phenols is 3. The Kier molecular flexibility index (Phi) is 4.79. The number of hydrogen-bond acceptors (Lipinski definition) is 4. The molecule has 0 radical (unpaired) electrons. The smallest absolute Gasteiger partial charge is 0.139 e. The van der Waals surface area contributed by atoms with Crippen molar-refractivity contribution in [3.05, 3.63) is 90.7 Å². The highest BCUT2D eigenvalue weighted by Crippen LogP contribution is 2.38. The van der Waals surface area contributed by atoms with E-state index in [-0.39, 0.29) is 28.4 Å². The molecule has 0 aliphatic heterocycles. The minimum atomic E-state index is -0.477. The zero-order valence-corrected chi connectivity index (χ0v) is 15.2. The number of hydrogen-bond donors (Lipinski definition) is 3. The van der Waals surface area contributed by atoms with Crippen LogP contribution in [0.1, 0.15) is 0 Å². The van der Waals surface area contributed by atoms with E-state index in [1.165, 1.54) is 30.3 Å². The fourth-order valence-corrected chi connectivity index (χ4v) is 3.22. The van der Waals surface area contributed by atoms with Gasteiger partial charge in [0, 0.05) is 10.9 Å². The van der Waals surface area contributed by atoms with Crippen LogP contribution in [0.4, 0.5) is 4.39 Å². The molecule has 5 rings (SSSR count). The van der Waals surface area contributed by atoms with Gasteiger partial charge in [-0.25, -0.2) is 4.39 Å². The van der Waals surface area contributed by atoms with Crippen LogP contribution in [0.2, 0.25) is 0 Å². The average molecular weight is 388 g/mol. The normalized spacial score (nSPS) is 10.7. The van der Waals surface area contributed by atoms with Crippen LogP contribution in [-0.4, -0.2) is 15.3 Å². The SMILES string of the molecule is Oc1cccc(O)c1-c1ccccc1F.Oc1cccc2oc3ccccc3c12. The highest BCUT2D eigenvalue weighted by Gasteiger charge is 2.12. The average Bonchev–Trinajstić information content (AvgIpc) is 3.10. The topological polar surface area (TPSA) is 73.8 Å². The van der Waals surface area contributed by atoms with Crippen molar-refractivity contribution in [1.29, 1.82) is 0 Å². The summed E-state index contributed by atoms with van der Waals surface area (Å²) in [5.41, 5.74) is 1.85. The van der Waals surface area contributed by atoms with Gasteiger partial charge in [0.25, 0.3) is 0 Å². The molecule has 5 aromatic rings. The molecule has 144 valence electrons. The van der Waals surface area contributed by atoms with E-state index < -0.39 is 5.82 Å². The highest BCUT2D eigenvalue weighted by atomic mass is 19.1. The third-order valence-corrected chi connectivity index (χ3v) is 4.54. The molecule has 0 aliphatic carbocycles. The Morgan fingerprint density at radius 1 is 0.586 bits per heavy atom. The van der Waals surface area contributed by atoms with Crippen molar-refractivity contribution < 1.29 is 24.1 Å². The number of benzene rings is 4. The standard InChI is InChI=1S/C12H9FO2.C12H8O2/c13-9-5-2-1-4-8(9)12-10(14)6-3-7-11(12)15;13-9-5-3-7-11-12(9)8-4-1-2-6-10(8)14-11/h1-7,14-15H;1-7,13H. The van der Waals surface area contributed by atoms with Gasteiger partial charge in [0.1, 0.15) is 34.2 Å². The molecule has 3 N–H and O–H groups in total. The van der Waals surface area contributed by atoms with E-state index in [1.807, 2.05) is 30.3 Å². The molecule has 0 saturated heterocycles. The van der Waals surface area contributed by atoms with Gasteiger partial charge in [-0.2, -0.15) is 0 Å². The number of fused-ring (bicyclic) bond motifs is 3. The van der Waals surface area contributed by atoms with Crippen LogP contribution in [0.15, 0.2) is 89.3 Å².